The van der Waals surface area contributed by atoms with Crippen molar-refractivity contribution in [2.75, 3.05) is 26.7 Å². The second-order valence-corrected chi connectivity index (χ2v) is 6.76. The van der Waals surface area contributed by atoms with Gasteiger partial charge in [-0.05, 0) is 49.4 Å². The molecular formula is C18H23ClN2OS. The lowest BCUT2D eigenvalue weighted by Crippen LogP contribution is -2.42. The van der Waals surface area contributed by atoms with Crippen LogP contribution >= 0.6 is 23.7 Å². The minimum atomic E-state index is 0. The van der Waals surface area contributed by atoms with E-state index in [0.717, 1.165) is 42.1 Å². The van der Waals surface area contributed by atoms with Gasteiger partial charge in [0, 0.05) is 18.7 Å². The van der Waals surface area contributed by atoms with Crippen molar-refractivity contribution < 1.29 is 4.79 Å². The lowest BCUT2D eigenvalue weighted by Gasteiger charge is -2.32. The molecule has 1 aromatic carbocycles. The van der Waals surface area contributed by atoms with E-state index in [-0.39, 0.29) is 18.3 Å². The third-order valence-electron chi connectivity index (χ3n) is 4.24. The van der Waals surface area contributed by atoms with Crippen LogP contribution in [0.15, 0.2) is 41.8 Å². The minimum absolute atomic E-state index is 0. The predicted octanol–water partition coefficient (Wildman–Crippen LogP) is 3.91. The Kier molecular flexibility index (Phi) is 6.63. The smallest absolute Gasteiger partial charge is 0.264 e. The fourth-order valence-electron chi connectivity index (χ4n) is 3.17. The van der Waals surface area contributed by atoms with E-state index >= 15 is 0 Å². The Labute approximate surface area is 148 Å². The van der Waals surface area contributed by atoms with Crippen molar-refractivity contribution in [1.29, 1.82) is 0 Å². The summed E-state index contributed by atoms with van der Waals surface area (Å²) in [4.78, 5) is 15.8. The first-order valence-electron chi connectivity index (χ1n) is 7.86. The fraction of sp³-hybridized carbons (Fsp3) is 0.389. The number of benzene rings is 1. The second-order valence-electron chi connectivity index (χ2n) is 5.85. The maximum absolute atomic E-state index is 12.9. The molecule has 1 fully saturated rings. The quantitative estimate of drug-likeness (QED) is 0.906. The zero-order chi connectivity index (χ0) is 15.4. The lowest BCUT2D eigenvalue weighted by atomic mass is 9.97. The van der Waals surface area contributed by atoms with Crippen LogP contribution in [0.25, 0.3) is 11.1 Å². The third-order valence-corrected chi connectivity index (χ3v) is 5.15. The van der Waals surface area contributed by atoms with E-state index < -0.39 is 0 Å². The topological polar surface area (TPSA) is 32.3 Å². The molecule has 1 aliphatic rings. The van der Waals surface area contributed by atoms with Crippen molar-refractivity contribution in [3.8, 4) is 11.1 Å². The first kappa shape index (κ1) is 18.0. The van der Waals surface area contributed by atoms with Crippen molar-refractivity contribution in [3.05, 3.63) is 46.7 Å². The molecule has 1 N–H and O–H groups in total. The largest absolute Gasteiger partial charge is 0.338 e. The maximum Gasteiger partial charge on any atom is 0.264 e. The molecule has 3 nitrogen and oxygen atoms in total. The molecule has 0 bridgehead atoms. The molecule has 2 heterocycles. The molecule has 1 amide bonds. The van der Waals surface area contributed by atoms with Crippen LogP contribution in [0.2, 0.25) is 0 Å². The molecule has 0 saturated carbocycles. The molecule has 1 unspecified atom stereocenters. The number of amides is 1. The highest BCUT2D eigenvalue weighted by molar-refractivity contribution is 7.12. The zero-order valence-electron chi connectivity index (χ0n) is 13.3. The van der Waals surface area contributed by atoms with Crippen molar-refractivity contribution in [1.82, 2.24) is 10.2 Å². The van der Waals surface area contributed by atoms with E-state index in [2.05, 4.69) is 23.5 Å². The maximum atomic E-state index is 12.9. The average Bonchev–Trinajstić information content (AvgIpc) is 3.05. The number of carbonyl (C=O) groups is 1. The number of thiophene rings is 1. The van der Waals surface area contributed by atoms with Crippen LogP contribution in [0.1, 0.15) is 22.5 Å². The Balaban J connectivity index is 0.00000192. The number of nitrogens with zero attached hydrogens (tertiary/aromatic N) is 1. The van der Waals surface area contributed by atoms with Gasteiger partial charge in [-0.3, -0.25) is 4.79 Å². The number of likely N-dealkylation sites (tertiary alicyclic amines) is 1. The summed E-state index contributed by atoms with van der Waals surface area (Å²) in [6, 6.07) is 12.2. The Bertz CT molecular complexity index is 627. The number of carbonyl (C=O) groups excluding carboxylic acids is 1. The van der Waals surface area contributed by atoms with Crippen LogP contribution in [0.3, 0.4) is 0 Å². The number of halogens is 1. The second kappa shape index (κ2) is 8.48. The lowest BCUT2D eigenvalue weighted by molar-refractivity contribution is 0.0680. The first-order valence-corrected chi connectivity index (χ1v) is 8.74. The van der Waals surface area contributed by atoms with Gasteiger partial charge >= 0.3 is 0 Å². The number of hydrogen-bond acceptors (Lipinski definition) is 3. The van der Waals surface area contributed by atoms with Gasteiger partial charge < -0.3 is 10.2 Å². The molecule has 0 aliphatic carbocycles. The van der Waals surface area contributed by atoms with Gasteiger partial charge in [-0.15, -0.1) is 23.7 Å². The molecule has 1 saturated heterocycles. The summed E-state index contributed by atoms with van der Waals surface area (Å²) in [6.45, 7) is 2.73. The number of nitrogens with one attached hydrogen (secondary N) is 1. The highest BCUT2D eigenvalue weighted by Gasteiger charge is 2.26. The number of piperidine rings is 1. The van der Waals surface area contributed by atoms with Gasteiger partial charge in [0.1, 0.15) is 0 Å². The molecule has 2 aromatic rings. The molecule has 1 aliphatic heterocycles. The van der Waals surface area contributed by atoms with E-state index in [1.807, 2.05) is 35.5 Å². The summed E-state index contributed by atoms with van der Waals surface area (Å²) in [6.07, 6.45) is 2.31. The van der Waals surface area contributed by atoms with Crippen molar-refractivity contribution >= 4 is 29.7 Å². The Hall–Kier alpha value is -1.36. The monoisotopic (exact) mass is 350 g/mol. The zero-order valence-corrected chi connectivity index (χ0v) is 15.0. The normalized spacial score (nSPS) is 17.6. The van der Waals surface area contributed by atoms with Gasteiger partial charge in [-0.2, -0.15) is 0 Å². The van der Waals surface area contributed by atoms with Crippen LogP contribution in [0.5, 0.6) is 0 Å². The summed E-state index contributed by atoms with van der Waals surface area (Å²) in [5.74, 6) is 0.762. The van der Waals surface area contributed by atoms with Crippen LogP contribution in [-0.2, 0) is 0 Å². The molecule has 0 radical (unpaired) electrons. The summed E-state index contributed by atoms with van der Waals surface area (Å²) in [5, 5.41) is 5.25. The Morgan fingerprint density at radius 3 is 2.83 bits per heavy atom. The number of rotatable bonds is 4. The highest BCUT2D eigenvalue weighted by Crippen LogP contribution is 2.30. The third kappa shape index (κ3) is 4.14. The van der Waals surface area contributed by atoms with Crippen molar-refractivity contribution in [3.63, 3.8) is 0 Å². The van der Waals surface area contributed by atoms with Gasteiger partial charge in [0.15, 0.2) is 0 Å². The Morgan fingerprint density at radius 2 is 2.09 bits per heavy atom. The fourth-order valence-corrected chi connectivity index (χ4v) is 4.05. The van der Waals surface area contributed by atoms with E-state index in [9.17, 15) is 4.79 Å². The predicted molar refractivity (Wildman–Crippen MR) is 99.6 cm³/mol. The molecule has 1 aromatic heterocycles. The van der Waals surface area contributed by atoms with Crippen LogP contribution < -0.4 is 5.32 Å². The van der Waals surface area contributed by atoms with Gasteiger partial charge in [0.25, 0.3) is 5.91 Å². The number of hydrogen-bond donors (Lipinski definition) is 1. The standard InChI is InChI=1S/C18H22N2OS.ClH/c1-19-12-14-6-5-10-20(13-14)18(21)17-16(9-11-22-17)15-7-3-2-4-8-15;/h2-4,7-9,11,14,19H,5-6,10,12-13H2,1H3;1H. The van der Waals surface area contributed by atoms with Crippen LogP contribution in [-0.4, -0.2) is 37.5 Å². The molecule has 0 spiro atoms. The molecular weight excluding hydrogens is 328 g/mol. The minimum Gasteiger partial charge on any atom is -0.338 e. The summed E-state index contributed by atoms with van der Waals surface area (Å²) in [5.41, 5.74) is 2.18. The summed E-state index contributed by atoms with van der Waals surface area (Å²) < 4.78 is 0. The van der Waals surface area contributed by atoms with E-state index in [0.29, 0.717) is 5.92 Å². The first-order chi connectivity index (χ1) is 10.8. The highest BCUT2D eigenvalue weighted by atomic mass is 35.5. The molecule has 23 heavy (non-hydrogen) atoms. The van der Waals surface area contributed by atoms with E-state index in [1.165, 1.54) is 6.42 Å². The van der Waals surface area contributed by atoms with Crippen molar-refractivity contribution in [2.24, 2.45) is 5.92 Å². The van der Waals surface area contributed by atoms with Gasteiger partial charge in [-0.1, -0.05) is 30.3 Å². The summed E-state index contributed by atoms with van der Waals surface area (Å²) in [7, 11) is 1.98. The van der Waals surface area contributed by atoms with Gasteiger partial charge in [-0.25, -0.2) is 0 Å². The van der Waals surface area contributed by atoms with Gasteiger partial charge in [0.05, 0.1) is 4.88 Å². The average molecular weight is 351 g/mol. The SMILES string of the molecule is CNCC1CCCN(C(=O)c2sccc2-c2ccccc2)C1.Cl. The molecule has 124 valence electrons. The Morgan fingerprint density at radius 1 is 1.30 bits per heavy atom. The molecule has 5 heteroatoms. The molecule has 1 atom stereocenters. The summed E-state index contributed by atoms with van der Waals surface area (Å²) >= 11 is 1.55. The van der Waals surface area contributed by atoms with E-state index in [4.69, 9.17) is 0 Å². The molecule has 3 rings (SSSR count). The van der Waals surface area contributed by atoms with Gasteiger partial charge in [0.2, 0.25) is 0 Å². The van der Waals surface area contributed by atoms with Crippen LogP contribution in [0, 0.1) is 5.92 Å². The van der Waals surface area contributed by atoms with E-state index in [1.54, 1.807) is 11.3 Å². The van der Waals surface area contributed by atoms with Crippen LogP contribution in [0.4, 0.5) is 0 Å². The van der Waals surface area contributed by atoms with Crippen molar-refractivity contribution in [2.45, 2.75) is 12.8 Å².